The van der Waals surface area contributed by atoms with E-state index >= 15 is 0 Å². The summed E-state index contributed by atoms with van der Waals surface area (Å²) in [5.41, 5.74) is 8.75. The molecule has 1 aromatic heterocycles. The number of hydrogen-bond donors (Lipinski definition) is 3. The summed E-state index contributed by atoms with van der Waals surface area (Å²) >= 11 is 6.58. The van der Waals surface area contributed by atoms with Crippen molar-refractivity contribution in [3.8, 4) is 0 Å². The van der Waals surface area contributed by atoms with E-state index in [0.29, 0.717) is 16.5 Å². The van der Waals surface area contributed by atoms with E-state index in [0.717, 1.165) is 32.1 Å². The molecule has 0 spiro atoms. The van der Waals surface area contributed by atoms with Crippen LogP contribution >= 0.6 is 11.8 Å². The van der Waals surface area contributed by atoms with Gasteiger partial charge in [0.25, 0.3) is 11.8 Å². The summed E-state index contributed by atoms with van der Waals surface area (Å²) in [7, 11) is -3.52. The lowest BCUT2D eigenvalue weighted by Crippen LogP contribution is -2.62. The molecule has 3 atom stereocenters. The van der Waals surface area contributed by atoms with Crippen molar-refractivity contribution in [2.45, 2.75) is 101 Å². The molecule has 3 fully saturated rings. The van der Waals surface area contributed by atoms with Crippen molar-refractivity contribution in [1.82, 2.24) is 24.3 Å². The number of likely N-dealkylation sites (tertiary alicyclic amines) is 1. The second-order valence-corrected chi connectivity index (χ2v) is 15.0. The Morgan fingerprint density at radius 1 is 1.19 bits per heavy atom. The SMILES string of the molecule is CC(C)(O)c1cnnn1[C@H]1C[C@@H](C(=O)N(Cl)C2(C(=O)C(N)=O)CCS(=O)(=O)CC2)N(C(=O)[C@H](N)CC2CCCCC2)C1. The zero-order valence-electron chi connectivity index (χ0n) is 23.9. The Bertz CT molecular complexity index is 1310. The highest BCUT2D eigenvalue weighted by Gasteiger charge is 2.55. The molecule has 0 bridgehead atoms. The van der Waals surface area contributed by atoms with Crippen molar-refractivity contribution < 1.29 is 32.7 Å². The summed E-state index contributed by atoms with van der Waals surface area (Å²) in [6.07, 6.45) is 6.23. The monoisotopic (exact) mass is 629 g/mol. The first-order valence-electron chi connectivity index (χ1n) is 14.3. The van der Waals surface area contributed by atoms with Gasteiger partial charge in [0.05, 0.1) is 35.5 Å². The van der Waals surface area contributed by atoms with E-state index < -0.39 is 87.0 Å². The molecule has 0 unspecified atom stereocenters. The number of carbonyl (C=O) groups is 4. The van der Waals surface area contributed by atoms with Gasteiger partial charge in [-0.15, -0.1) is 5.10 Å². The van der Waals surface area contributed by atoms with Gasteiger partial charge in [0.2, 0.25) is 11.7 Å². The number of hydrogen-bond acceptors (Lipinski definition) is 10. The number of aliphatic hydroxyl groups is 1. The van der Waals surface area contributed by atoms with Crippen LogP contribution in [0.2, 0.25) is 0 Å². The first-order chi connectivity index (χ1) is 19.6. The summed E-state index contributed by atoms with van der Waals surface area (Å²) < 4.78 is 26.4. The molecule has 3 amide bonds. The van der Waals surface area contributed by atoms with Crippen molar-refractivity contribution >= 4 is 45.1 Å². The van der Waals surface area contributed by atoms with Gasteiger partial charge >= 0.3 is 0 Å². The molecular weight excluding hydrogens is 590 g/mol. The van der Waals surface area contributed by atoms with Crippen LogP contribution in [0.5, 0.6) is 0 Å². The number of rotatable bonds is 9. The number of amides is 3. The van der Waals surface area contributed by atoms with Crippen LogP contribution in [-0.4, -0.2) is 97.0 Å². The predicted octanol–water partition coefficient (Wildman–Crippen LogP) is -0.0706. The molecular formula is C26H40ClN7O7S. The van der Waals surface area contributed by atoms with Crippen LogP contribution in [0.4, 0.5) is 0 Å². The Hall–Kier alpha value is -2.62. The minimum atomic E-state index is -3.52. The minimum Gasteiger partial charge on any atom is -0.384 e. The molecule has 2 saturated heterocycles. The van der Waals surface area contributed by atoms with Crippen molar-refractivity contribution in [3.63, 3.8) is 0 Å². The Kier molecular flexibility index (Phi) is 9.36. The zero-order valence-corrected chi connectivity index (χ0v) is 25.5. The van der Waals surface area contributed by atoms with E-state index in [-0.39, 0.29) is 18.9 Å². The third kappa shape index (κ3) is 6.48. The van der Waals surface area contributed by atoms with Crippen molar-refractivity contribution in [3.05, 3.63) is 11.9 Å². The summed E-state index contributed by atoms with van der Waals surface area (Å²) in [5, 5.41) is 18.7. The third-order valence-electron chi connectivity index (χ3n) is 8.89. The maximum absolute atomic E-state index is 14.1. The second-order valence-electron chi connectivity index (χ2n) is 12.4. The average Bonchev–Trinajstić information content (AvgIpc) is 3.60. The van der Waals surface area contributed by atoms with E-state index in [2.05, 4.69) is 10.3 Å². The molecule has 16 heteroatoms. The first-order valence-corrected chi connectivity index (χ1v) is 16.5. The van der Waals surface area contributed by atoms with E-state index in [1.165, 1.54) is 15.8 Å². The number of primary amides is 1. The summed E-state index contributed by atoms with van der Waals surface area (Å²) in [6, 6.07) is -2.71. The molecule has 5 N–H and O–H groups in total. The second kappa shape index (κ2) is 12.2. The van der Waals surface area contributed by atoms with Gasteiger partial charge in [-0.2, -0.15) is 0 Å². The van der Waals surface area contributed by atoms with E-state index in [1.54, 1.807) is 13.8 Å². The highest BCUT2D eigenvalue weighted by atomic mass is 35.5. The van der Waals surface area contributed by atoms with Crippen LogP contribution in [0.1, 0.15) is 83.4 Å². The molecule has 4 rings (SSSR count). The average molecular weight is 630 g/mol. The Labute approximate surface area is 250 Å². The standard InChI is InChI=1S/C26H40ClN7O7S/c1-25(2,39)20-14-30-31-33(20)17-13-19(32(15-17)23(37)18(28)12-16-6-4-3-5-7-16)24(38)34(27)26(21(35)22(29)36)8-10-42(40,41)11-9-26/h14,16-19,39H,3-13,15,28H2,1-2H3,(H2,29,36)/t17-,18+,19-/m0/s1. The summed E-state index contributed by atoms with van der Waals surface area (Å²) in [6.45, 7) is 3.11. The van der Waals surface area contributed by atoms with Crippen molar-refractivity contribution in [2.75, 3.05) is 18.1 Å². The smallest absolute Gasteiger partial charge is 0.287 e. The van der Waals surface area contributed by atoms with Gasteiger partial charge in [0.1, 0.15) is 17.2 Å². The largest absolute Gasteiger partial charge is 0.384 e. The van der Waals surface area contributed by atoms with Gasteiger partial charge in [-0.25, -0.2) is 17.5 Å². The van der Waals surface area contributed by atoms with Gasteiger partial charge in [0.15, 0.2) is 9.84 Å². The summed E-state index contributed by atoms with van der Waals surface area (Å²) in [4.78, 5) is 54.2. The normalized spacial score (nSPS) is 25.1. The van der Waals surface area contributed by atoms with Gasteiger partial charge in [-0.1, -0.05) is 37.3 Å². The predicted molar refractivity (Wildman–Crippen MR) is 151 cm³/mol. The number of ketones is 1. The lowest BCUT2D eigenvalue weighted by Gasteiger charge is -2.41. The first kappa shape index (κ1) is 32.3. The molecule has 234 valence electrons. The van der Waals surface area contributed by atoms with E-state index in [9.17, 15) is 32.7 Å². The van der Waals surface area contributed by atoms with Gasteiger partial charge in [0, 0.05) is 24.7 Å². The number of nitrogens with zero attached hydrogens (tertiary/aromatic N) is 5. The Morgan fingerprint density at radius 2 is 1.81 bits per heavy atom. The third-order valence-corrected chi connectivity index (χ3v) is 11.0. The highest BCUT2D eigenvalue weighted by Crippen LogP contribution is 2.38. The van der Waals surface area contributed by atoms with Crippen LogP contribution in [-0.2, 0) is 34.6 Å². The quantitative estimate of drug-likeness (QED) is 0.244. The maximum Gasteiger partial charge on any atom is 0.287 e. The number of halogens is 1. The fourth-order valence-corrected chi connectivity index (χ4v) is 8.34. The molecule has 0 radical (unpaired) electrons. The maximum atomic E-state index is 14.1. The molecule has 2 aliphatic heterocycles. The zero-order chi connectivity index (χ0) is 31.0. The van der Waals surface area contributed by atoms with Crippen LogP contribution in [0.25, 0.3) is 0 Å². The van der Waals surface area contributed by atoms with Gasteiger partial charge < -0.3 is 21.5 Å². The summed E-state index contributed by atoms with van der Waals surface area (Å²) in [5.74, 6) is -4.53. The van der Waals surface area contributed by atoms with E-state index in [1.807, 2.05) is 0 Å². The molecule has 1 aromatic rings. The highest BCUT2D eigenvalue weighted by molar-refractivity contribution is 7.91. The molecule has 1 saturated carbocycles. The molecule has 3 aliphatic rings. The molecule has 3 heterocycles. The molecule has 0 aromatic carbocycles. The molecule has 42 heavy (non-hydrogen) atoms. The number of nitrogens with two attached hydrogens (primary N) is 2. The van der Waals surface area contributed by atoms with Crippen LogP contribution in [0, 0.1) is 5.92 Å². The van der Waals surface area contributed by atoms with E-state index in [4.69, 9.17) is 23.2 Å². The minimum absolute atomic E-state index is 0.00405. The fraction of sp³-hybridized carbons (Fsp3) is 0.769. The van der Waals surface area contributed by atoms with Crippen LogP contribution in [0.15, 0.2) is 6.20 Å². The number of carbonyl (C=O) groups excluding carboxylic acids is 4. The molecule has 14 nitrogen and oxygen atoms in total. The van der Waals surface area contributed by atoms with Crippen LogP contribution in [0.3, 0.4) is 0 Å². The number of aromatic nitrogens is 3. The van der Waals surface area contributed by atoms with Crippen molar-refractivity contribution in [2.24, 2.45) is 17.4 Å². The van der Waals surface area contributed by atoms with Crippen molar-refractivity contribution in [1.29, 1.82) is 0 Å². The van der Waals surface area contributed by atoms with Crippen LogP contribution < -0.4 is 11.5 Å². The topological polar surface area (TPSA) is 212 Å². The number of sulfone groups is 1. The lowest BCUT2D eigenvalue weighted by molar-refractivity contribution is -0.150. The fourth-order valence-electron chi connectivity index (χ4n) is 6.48. The lowest BCUT2D eigenvalue weighted by atomic mass is 9.84. The Morgan fingerprint density at radius 3 is 2.38 bits per heavy atom. The van der Waals surface area contributed by atoms with Gasteiger partial charge in [-0.3, -0.25) is 19.2 Å². The van der Waals surface area contributed by atoms with Gasteiger partial charge in [-0.05, 0) is 39.0 Å². The molecule has 1 aliphatic carbocycles. The number of Topliss-reactive ketones (excluding diaryl/α,β-unsaturated/α-hetero) is 1. The Balaban J connectivity index is 1.66.